The maximum absolute atomic E-state index is 4.65. The van der Waals surface area contributed by atoms with Crippen LogP contribution >= 0.6 is 11.3 Å². The Morgan fingerprint density at radius 2 is 1.00 bits per heavy atom. The molecular weight excluding hydrogens is 603 g/mol. The third-order valence-electron chi connectivity index (χ3n) is 9.54. The molecule has 0 saturated heterocycles. The maximum Gasteiger partial charge on any atom is 0.169 e. The smallest absolute Gasteiger partial charge is 0.169 e. The van der Waals surface area contributed by atoms with Crippen molar-refractivity contribution in [3.8, 4) is 44.8 Å². The summed E-state index contributed by atoms with van der Waals surface area (Å²) in [6.07, 6.45) is 0. The molecule has 0 fully saturated rings. The molecule has 0 unspecified atom stereocenters. The Balaban J connectivity index is 1.02. The molecule has 3 aromatic heterocycles. The normalized spacial score (nSPS) is 11.8. The number of benzene rings is 7. The molecule has 3 heterocycles. The van der Waals surface area contributed by atoms with Crippen LogP contribution in [0.5, 0.6) is 0 Å². The molecular formula is C44H27N3S. The fourth-order valence-electron chi connectivity index (χ4n) is 7.17. The molecule has 0 N–H and O–H groups in total. The Morgan fingerprint density at radius 1 is 0.396 bits per heavy atom. The predicted octanol–water partition coefficient (Wildman–Crippen LogP) is 12.1. The van der Waals surface area contributed by atoms with Crippen LogP contribution < -0.4 is 0 Å². The highest BCUT2D eigenvalue weighted by Gasteiger charge is 2.16. The van der Waals surface area contributed by atoms with Crippen LogP contribution in [0.4, 0.5) is 0 Å². The van der Waals surface area contributed by atoms with Crippen LogP contribution in [-0.4, -0.2) is 14.6 Å². The van der Waals surface area contributed by atoms with Crippen molar-refractivity contribution in [3.05, 3.63) is 164 Å². The van der Waals surface area contributed by atoms with E-state index in [0.717, 1.165) is 27.9 Å². The van der Waals surface area contributed by atoms with Gasteiger partial charge in [0.1, 0.15) is 0 Å². The summed E-state index contributed by atoms with van der Waals surface area (Å²) in [4.78, 5) is 0. The van der Waals surface area contributed by atoms with Crippen molar-refractivity contribution in [2.45, 2.75) is 0 Å². The van der Waals surface area contributed by atoms with E-state index in [9.17, 15) is 0 Å². The predicted molar refractivity (Wildman–Crippen MR) is 203 cm³/mol. The van der Waals surface area contributed by atoms with Gasteiger partial charge in [-0.15, -0.1) is 21.5 Å². The molecule has 10 rings (SSSR count). The van der Waals surface area contributed by atoms with Gasteiger partial charge in [0, 0.05) is 36.5 Å². The second-order valence-electron chi connectivity index (χ2n) is 12.3. The van der Waals surface area contributed by atoms with Crippen molar-refractivity contribution in [1.82, 2.24) is 14.6 Å². The summed E-state index contributed by atoms with van der Waals surface area (Å²) in [5.74, 6) is 0.852. The average molecular weight is 630 g/mol. The molecule has 0 bridgehead atoms. The zero-order valence-electron chi connectivity index (χ0n) is 25.8. The van der Waals surface area contributed by atoms with Crippen LogP contribution in [0.2, 0.25) is 0 Å². The summed E-state index contributed by atoms with van der Waals surface area (Å²) in [5.41, 5.74) is 10.3. The fourth-order valence-corrected chi connectivity index (χ4v) is 8.41. The Labute approximate surface area is 281 Å². The molecule has 0 radical (unpaired) electrons. The van der Waals surface area contributed by atoms with Crippen molar-refractivity contribution in [1.29, 1.82) is 0 Å². The Morgan fingerprint density at radius 3 is 1.77 bits per heavy atom. The summed E-state index contributed by atoms with van der Waals surface area (Å²) in [6.45, 7) is 0. The van der Waals surface area contributed by atoms with Crippen LogP contribution in [0.25, 0.3) is 92.3 Å². The van der Waals surface area contributed by atoms with Gasteiger partial charge in [-0.25, -0.2) is 0 Å². The van der Waals surface area contributed by atoms with E-state index in [-0.39, 0.29) is 0 Å². The average Bonchev–Trinajstić information content (AvgIpc) is 3.78. The largest absolute Gasteiger partial charge is 0.274 e. The number of hydrogen-bond donors (Lipinski definition) is 0. The van der Waals surface area contributed by atoms with E-state index in [1.165, 1.54) is 64.3 Å². The molecule has 10 aromatic rings. The summed E-state index contributed by atoms with van der Waals surface area (Å²) in [5, 5.41) is 15.4. The van der Waals surface area contributed by atoms with Crippen molar-refractivity contribution < 1.29 is 0 Å². The molecule has 4 heteroatoms. The van der Waals surface area contributed by atoms with Crippen LogP contribution in [0, 0.1) is 0 Å². The summed E-state index contributed by atoms with van der Waals surface area (Å²) < 4.78 is 4.88. The zero-order chi connectivity index (χ0) is 31.6. The monoisotopic (exact) mass is 629 g/mol. The maximum atomic E-state index is 4.65. The second kappa shape index (κ2) is 10.7. The third-order valence-corrected chi connectivity index (χ3v) is 10.8. The van der Waals surface area contributed by atoms with Gasteiger partial charge >= 0.3 is 0 Å². The lowest BCUT2D eigenvalue weighted by Crippen LogP contribution is -1.94. The van der Waals surface area contributed by atoms with Crippen molar-refractivity contribution in [2.24, 2.45) is 0 Å². The molecule has 0 atom stereocenters. The number of aromatic nitrogens is 3. The van der Waals surface area contributed by atoms with Crippen molar-refractivity contribution in [3.63, 3.8) is 0 Å². The minimum Gasteiger partial charge on any atom is -0.274 e. The first kappa shape index (κ1) is 27.1. The van der Waals surface area contributed by atoms with E-state index in [1.54, 1.807) is 0 Å². The molecule has 0 aliphatic carbocycles. The second-order valence-corrected chi connectivity index (χ2v) is 13.3. The van der Waals surface area contributed by atoms with Crippen LogP contribution in [-0.2, 0) is 0 Å². The van der Waals surface area contributed by atoms with Gasteiger partial charge in [-0.3, -0.25) is 4.40 Å². The van der Waals surface area contributed by atoms with Gasteiger partial charge in [0.2, 0.25) is 0 Å². The lowest BCUT2D eigenvalue weighted by atomic mass is 9.96. The molecule has 0 aliphatic rings. The number of rotatable bonds is 4. The first-order chi connectivity index (χ1) is 23.8. The highest BCUT2D eigenvalue weighted by Crippen LogP contribution is 2.40. The fraction of sp³-hybridized carbons (Fsp3) is 0. The Kier molecular flexibility index (Phi) is 6.05. The number of fused-ring (bicyclic) bond motifs is 9. The van der Waals surface area contributed by atoms with E-state index in [0.29, 0.717) is 0 Å². The van der Waals surface area contributed by atoms with E-state index in [2.05, 4.69) is 160 Å². The zero-order valence-corrected chi connectivity index (χ0v) is 26.7. The van der Waals surface area contributed by atoms with Crippen molar-refractivity contribution in [2.75, 3.05) is 0 Å². The van der Waals surface area contributed by atoms with Gasteiger partial charge in [-0.05, 0) is 57.0 Å². The molecule has 0 aliphatic heterocycles. The summed E-state index contributed by atoms with van der Waals surface area (Å²) >= 11 is 1.88. The number of nitrogens with zero attached hydrogens (tertiary/aromatic N) is 3. The summed E-state index contributed by atoms with van der Waals surface area (Å²) in [6, 6.07) is 58.8. The van der Waals surface area contributed by atoms with Gasteiger partial charge in [-0.1, -0.05) is 146 Å². The lowest BCUT2D eigenvalue weighted by molar-refractivity contribution is 1.12. The molecule has 0 spiro atoms. The lowest BCUT2D eigenvalue weighted by Gasteiger charge is -2.12. The molecule has 7 aromatic carbocycles. The van der Waals surface area contributed by atoms with E-state index >= 15 is 0 Å². The van der Waals surface area contributed by atoms with Gasteiger partial charge in [-0.2, -0.15) is 0 Å². The minimum atomic E-state index is 0.852. The number of pyridine rings is 1. The highest BCUT2D eigenvalue weighted by molar-refractivity contribution is 7.26. The molecule has 0 saturated carbocycles. The quantitative estimate of drug-likeness (QED) is 0.181. The Bertz CT molecular complexity index is 2810. The molecule has 224 valence electrons. The first-order valence-corrected chi connectivity index (χ1v) is 17.0. The van der Waals surface area contributed by atoms with E-state index in [4.69, 9.17) is 0 Å². The Hall–Kier alpha value is -6.10. The minimum absolute atomic E-state index is 0.852. The van der Waals surface area contributed by atoms with Gasteiger partial charge < -0.3 is 0 Å². The van der Waals surface area contributed by atoms with Gasteiger partial charge in [0.05, 0.1) is 5.52 Å². The molecule has 48 heavy (non-hydrogen) atoms. The highest BCUT2D eigenvalue weighted by atomic mass is 32.1. The molecule has 0 amide bonds. The molecule has 3 nitrogen and oxygen atoms in total. The third kappa shape index (κ3) is 4.20. The van der Waals surface area contributed by atoms with Crippen LogP contribution in [0.1, 0.15) is 0 Å². The van der Waals surface area contributed by atoms with Crippen LogP contribution in [0.15, 0.2) is 164 Å². The number of thiophene rings is 1. The topological polar surface area (TPSA) is 30.2 Å². The first-order valence-electron chi connectivity index (χ1n) is 16.2. The van der Waals surface area contributed by atoms with Gasteiger partial charge in [0.15, 0.2) is 11.5 Å². The van der Waals surface area contributed by atoms with E-state index < -0.39 is 0 Å². The van der Waals surface area contributed by atoms with Crippen molar-refractivity contribution >= 4 is 58.8 Å². The van der Waals surface area contributed by atoms with Gasteiger partial charge in [0.25, 0.3) is 0 Å². The van der Waals surface area contributed by atoms with Crippen LogP contribution in [0.3, 0.4) is 0 Å². The summed E-state index contributed by atoms with van der Waals surface area (Å²) in [7, 11) is 0. The standard InChI is InChI=1S/C44H27N3S/c1-2-9-32(10-3-1)43-45-46-44-38-13-5-4-11-35(38)39-27-33(25-26-40(39)47(43)44)30-19-17-28(18-20-30)29-21-23-31(24-22-29)34-14-8-15-37-36-12-6-7-16-41(36)48-42(34)37/h1-27H. The SMILES string of the molecule is c1ccc(-c2nnc3c4ccccc4c4cc(-c5ccc(-c6ccc(-c7cccc8c7sc7ccccc78)cc6)cc5)ccc4n23)cc1. The van der Waals surface area contributed by atoms with E-state index in [1.807, 2.05) is 29.5 Å². The number of hydrogen-bond acceptors (Lipinski definition) is 3.